The van der Waals surface area contributed by atoms with Crippen LogP contribution in [0, 0.1) is 0 Å². The minimum absolute atomic E-state index is 0.177. The Morgan fingerprint density at radius 2 is 1.03 bits per heavy atom. The minimum Gasteiger partial charge on any atom is -0.333 e. The molecule has 0 amide bonds. The van der Waals surface area contributed by atoms with Crippen LogP contribution in [0.5, 0.6) is 0 Å². The number of aromatic nitrogens is 4. The molecule has 1 spiro atoms. The summed E-state index contributed by atoms with van der Waals surface area (Å²) >= 11 is 0. The van der Waals surface area contributed by atoms with Gasteiger partial charge in [-0.05, 0) is 87.1 Å². The van der Waals surface area contributed by atoms with E-state index in [9.17, 15) is 0 Å². The van der Waals surface area contributed by atoms with Gasteiger partial charge in [0.25, 0.3) is 0 Å². The summed E-state index contributed by atoms with van der Waals surface area (Å²) in [5, 5.41) is 2.62. The van der Waals surface area contributed by atoms with E-state index in [1.165, 1.54) is 77.5 Å². The van der Waals surface area contributed by atoms with Gasteiger partial charge in [-0.1, -0.05) is 202 Å². The number of para-hydroxylation sites is 2. The van der Waals surface area contributed by atoms with Crippen molar-refractivity contribution in [3.8, 4) is 34.2 Å². The van der Waals surface area contributed by atoms with Crippen molar-refractivity contribution in [1.29, 1.82) is 0 Å². The number of benzene rings is 7. The Kier molecular flexibility index (Phi) is 8.39. The lowest BCUT2D eigenvalue weighted by atomic mass is 9.54. The lowest BCUT2D eigenvalue weighted by molar-refractivity contribution is 0.549. The third-order valence-electron chi connectivity index (χ3n) is 14.8. The monoisotopic (exact) mass is 834 g/mol. The molecule has 0 fully saturated rings. The van der Waals surface area contributed by atoms with Crippen molar-refractivity contribution < 1.29 is 0 Å². The first-order chi connectivity index (χ1) is 32.0. The standard InChI is InChI=1S/C61H46N4/c1-60(2)49-25-11-13-27-51(49)61(52-28-14-12-26-50(52)60)48-37-34-42(39-32-35-43(36-33-39)65-54-30-15-9-22-44(54)45-23-10-16-31-55(45)65)38-47(48)56-46(24-17-29-53(56)61)59-63-57(40-18-5-3-6-19-40)62-58(64-59)41-20-7-4-8-21-41/h3-33,35,38,43H,34,36-37H2,1-2H3. The summed E-state index contributed by atoms with van der Waals surface area (Å²) in [5.74, 6) is 2.01. The fraction of sp³-hybridized carbons (Fsp3) is 0.131. The Hall–Kier alpha value is -7.69. The van der Waals surface area contributed by atoms with Crippen LogP contribution < -0.4 is 0 Å². The zero-order valence-corrected chi connectivity index (χ0v) is 36.5. The first-order valence-electron chi connectivity index (χ1n) is 23.0. The van der Waals surface area contributed by atoms with Gasteiger partial charge in [-0.25, -0.2) is 15.0 Å². The van der Waals surface area contributed by atoms with Gasteiger partial charge in [-0.2, -0.15) is 0 Å². The molecule has 4 aliphatic rings. The molecule has 7 aromatic carbocycles. The SMILES string of the molecule is CC1(C)c2ccccc2C2(C3=C(C=C(C4=CCC(n5c6ccccc6c6ccccc65)C=C4)CC3)c3c(-c4nc(-c5ccccc5)nc(-c5ccccc5)n4)cccc32)c2ccccc21. The molecule has 0 radical (unpaired) electrons. The molecule has 65 heavy (non-hydrogen) atoms. The summed E-state index contributed by atoms with van der Waals surface area (Å²) in [5.41, 5.74) is 18.3. The van der Waals surface area contributed by atoms with Crippen LogP contribution in [0.15, 0.2) is 217 Å². The first-order valence-corrected chi connectivity index (χ1v) is 23.0. The highest BCUT2D eigenvalue weighted by molar-refractivity contribution is 6.08. The summed E-state index contributed by atoms with van der Waals surface area (Å²) in [6.07, 6.45) is 12.7. The molecule has 0 bridgehead atoms. The molecular weight excluding hydrogens is 789 g/mol. The maximum atomic E-state index is 5.35. The summed E-state index contributed by atoms with van der Waals surface area (Å²) < 4.78 is 2.54. The largest absolute Gasteiger partial charge is 0.333 e. The number of nitrogens with zero attached hydrogens (tertiary/aromatic N) is 4. The van der Waals surface area contributed by atoms with Gasteiger partial charge in [0.05, 0.1) is 11.5 Å². The van der Waals surface area contributed by atoms with E-state index < -0.39 is 5.41 Å². The molecule has 2 heterocycles. The molecule has 0 saturated heterocycles. The van der Waals surface area contributed by atoms with Gasteiger partial charge in [-0.3, -0.25) is 0 Å². The maximum Gasteiger partial charge on any atom is 0.164 e. The highest BCUT2D eigenvalue weighted by atomic mass is 15.0. The van der Waals surface area contributed by atoms with Crippen LogP contribution in [-0.2, 0) is 10.8 Å². The maximum absolute atomic E-state index is 5.35. The molecule has 4 nitrogen and oxygen atoms in total. The molecule has 0 saturated carbocycles. The summed E-state index contributed by atoms with van der Waals surface area (Å²) in [6.45, 7) is 4.79. The van der Waals surface area contributed by atoms with Crippen molar-refractivity contribution in [2.75, 3.05) is 0 Å². The van der Waals surface area contributed by atoms with Crippen molar-refractivity contribution in [3.63, 3.8) is 0 Å². The topological polar surface area (TPSA) is 43.6 Å². The molecule has 310 valence electrons. The molecule has 4 aliphatic carbocycles. The van der Waals surface area contributed by atoms with Crippen molar-refractivity contribution in [2.45, 2.75) is 50.0 Å². The Morgan fingerprint density at radius 3 is 1.62 bits per heavy atom. The Labute approximate surface area is 379 Å². The van der Waals surface area contributed by atoms with Crippen molar-refractivity contribution >= 4 is 27.4 Å². The summed E-state index contributed by atoms with van der Waals surface area (Å²) in [7, 11) is 0. The zero-order chi connectivity index (χ0) is 43.3. The molecule has 0 N–H and O–H groups in total. The second kappa shape index (κ2) is 14.4. The molecule has 1 atom stereocenters. The van der Waals surface area contributed by atoms with E-state index >= 15 is 0 Å². The average Bonchev–Trinajstić information content (AvgIpc) is 3.87. The van der Waals surface area contributed by atoms with Crippen LogP contribution in [0.3, 0.4) is 0 Å². The number of hydrogen-bond acceptors (Lipinski definition) is 3. The van der Waals surface area contributed by atoms with E-state index in [2.05, 4.69) is 207 Å². The summed E-state index contributed by atoms with van der Waals surface area (Å²) in [4.78, 5) is 15.8. The average molecular weight is 835 g/mol. The molecular formula is C61H46N4. The molecule has 4 heteroatoms. The lowest BCUT2D eigenvalue weighted by Gasteiger charge is -2.48. The van der Waals surface area contributed by atoms with Gasteiger partial charge >= 0.3 is 0 Å². The molecule has 2 aromatic heterocycles. The molecule has 9 aromatic rings. The second-order valence-electron chi connectivity index (χ2n) is 18.5. The molecule has 13 rings (SSSR count). The predicted molar refractivity (Wildman–Crippen MR) is 266 cm³/mol. The second-order valence-corrected chi connectivity index (χ2v) is 18.5. The van der Waals surface area contributed by atoms with E-state index in [4.69, 9.17) is 15.0 Å². The minimum atomic E-state index is -0.485. The quantitative estimate of drug-likeness (QED) is 0.173. The third-order valence-corrected chi connectivity index (χ3v) is 14.8. The van der Waals surface area contributed by atoms with Crippen LogP contribution in [-0.4, -0.2) is 19.5 Å². The third kappa shape index (κ3) is 5.53. The highest BCUT2D eigenvalue weighted by Gasteiger charge is 2.55. The van der Waals surface area contributed by atoms with Gasteiger partial charge < -0.3 is 4.57 Å². The van der Waals surface area contributed by atoms with Crippen LogP contribution in [0.2, 0.25) is 0 Å². The Morgan fingerprint density at radius 1 is 0.508 bits per heavy atom. The molecule has 0 aliphatic heterocycles. The van der Waals surface area contributed by atoms with Gasteiger partial charge in [0.15, 0.2) is 17.5 Å². The van der Waals surface area contributed by atoms with Crippen LogP contribution in [0.4, 0.5) is 0 Å². The van der Waals surface area contributed by atoms with Crippen molar-refractivity contribution in [3.05, 3.63) is 250 Å². The van der Waals surface area contributed by atoms with Gasteiger partial charge in [0.2, 0.25) is 0 Å². The zero-order valence-electron chi connectivity index (χ0n) is 36.5. The van der Waals surface area contributed by atoms with Crippen LogP contribution >= 0.6 is 0 Å². The van der Waals surface area contributed by atoms with Crippen LogP contribution in [0.1, 0.15) is 72.5 Å². The Balaban J connectivity index is 1.03. The van der Waals surface area contributed by atoms with Gasteiger partial charge in [0.1, 0.15) is 0 Å². The first kappa shape index (κ1) is 37.8. The van der Waals surface area contributed by atoms with E-state index in [1.807, 2.05) is 12.1 Å². The highest BCUT2D eigenvalue weighted by Crippen LogP contribution is 2.64. The van der Waals surface area contributed by atoms with Crippen molar-refractivity contribution in [1.82, 2.24) is 19.5 Å². The van der Waals surface area contributed by atoms with Gasteiger partial charge in [0, 0.05) is 43.9 Å². The molecule has 1 unspecified atom stereocenters. The number of rotatable bonds is 5. The number of hydrogen-bond donors (Lipinski definition) is 0. The lowest BCUT2D eigenvalue weighted by Crippen LogP contribution is -2.41. The number of fused-ring (bicyclic) bond motifs is 11. The van der Waals surface area contributed by atoms with Crippen molar-refractivity contribution in [2.24, 2.45) is 0 Å². The smallest absolute Gasteiger partial charge is 0.164 e. The Bertz CT molecular complexity index is 3380. The van der Waals surface area contributed by atoms with Crippen LogP contribution in [0.25, 0.3) is 61.5 Å². The summed E-state index contributed by atoms with van der Waals surface area (Å²) in [6, 6.07) is 63.9. The normalized spacial score (nSPS) is 17.7. The van der Waals surface area contributed by atoms with E-state index in [0.29, 0.717) is 17.5 Å². The van der Waals surface area contributed by atoms with E-state index in [1.54, 1.807) is 0 Å². The predicted octanol–water partition coefficient (Wildman–Crippen LogP) is 14.6. The van der Waals surface area contributed by atoms with E-state index in [-0.39, 0.29) is 11.5 Å². The number of allylic oxidation sites excluding steroid dienone is 8. The van der Waals surface area contributed by atoms with Gasteiger partial charge in [-0.15, -0.1) is 0 Å². The van der Waals surface area contributed by atoms with E-state index in [0.717, 1.165) is 36.0 Å². The fourth-order valence-corrected chi connectivity index (χ4v) is 12.0. The fourth-order valence-electron chi connectivity index (χ4n) is 12.0.